The summed E-state index contributed by atoms with van der Waals surface area (Å²) in [5.41, 5.74) is 0. The van der Waals surface area contributed by atoms with Crippen LogP contribution >= 0.6 is 11.8 Å². The fourth-order valence-electron chi connectivity index (χ4n) is 2.99. The third-order valence-electron chi connectivity index (χ3n) is 4.61. The molecule has 0 bridgehead atoms. The molecular weight excluding hydrogens is 276 g/mol. The minimum Gasteiger partial charge on any atom is -0.481 e. The first-order valence-corrected chi connectivity index (χ1v) is 8.62. The van der Waals surface area contributed by atoms with Gasteiger partial charge in [-0.1, -0.05) is 19.8 Å². The quantitative estimate of drug-likeness (QED) is 0.833. The smallest absolute Gasteiger partial charge is 0.317 e. The van der Waals surface area contributed by atoms with Gasteiger partial charge in [0.1, 0.15) is 0 Å². The summed E-state index contributed by atoms with van der Waals surface area (Å²) in [6.07, 6.45) is 6.76. The Balaban J connectivity index is 1.78. The lowest BCUT2D eigenvalue weighted by atomic mass is 9.87. The number of carbonyl (C=O) groups excluding carboxylic acids is 1. The van der Waals surface area contributed by atoms with E-state index in [1.165, 1.54) is 19.3 Å². The van der Waals surface area contributed by atoms with E-state index in [0.29, 0.717) is 18.3 Å². The molecule has 3 atom stereocenters. The fraction of sp³-hybridized carbons (Fsp3) is 0.857. The molecule has 6 heteroatoms. The van der Waals surface area contributed by atoms with Crippen LogP contribution in [0.4, 0.5) is 4.79 Å². The zero-order valence-corrected chi connectivity index (χ0v) is 13.0. The number of nitrogens with one attached hydrogen (secondary N) is 1. The SMILES string of the molecule is CSC1CCCCC1NC(=O)N1CC(C(C)C(=O)O)C1. The predicted octanol–water partition coefficient (Wildman–Crippen LogP) is 2.02. The van der Waals surface area contributed by atoms with Gasteiger partial charge >= 0.3 is 12.0 Å². The molecule has 1 heterocycles. The second-order valence-electron chi connectivity index (χ2n) is 5.91. The molecule has 1 saturated carbocycles. The van der Waals surface area contributed by atoms with Crippen molar-refractivity contribution in [2.75, 3.05) is 19.3 Å². The van der Waals surface area contributed by atoms with E-state index in [1.54, 1.807) is 11.8 Å². The fourth-order valence-corrected chi connectivity index (χ4v) is 3.93. The summed E-state index contributed by atoms with van der Waals surface area (Å²) >= 11 is 1.83. The molecule has 1 aliphatic heterocycles. The first-order valence-electron chi connectivity index (χ1n) is 7.34. The van der Waals surface area contributed by atoms with Gasteiger partial charge in [0.25, 0.3) is 0 Å². The number of aliphatic carboxylic acids is 1. The lowest BCUT2D eigenvalue weighted by Gasteiger charge is -2.42. The van der Waals surface area contributed by atoms with Crippen LogP contribution in [0.1, 0.15) is 32.6 Å². The summed E-state index contributed by atoms with van der Waals surface area (Å²) in [5, 5.41) is 12.6. The molecule has 0 aromatic heterocycles. The summed E-state index contributed by atoms with van der Waals surface area (Å²) in [6, 6.07) is 0.243. The van der Waals surface area contributed by atoms with Crippen LogP contribution in [0.25, 0.3) is 0 Å². The minimum absolute atomic E-state index is 0.0233. The number of hydrogen-bond acceptors (Lipinski definition) is 3. The maximum atomic E-state index is 12.2. The van der Waals surface area contributed by atoms with Crippen LogP contribution < -0.4 is 5.32 Å². The Kier molecular flexibility index (Phi) is 5.18. The molecule has 2 rings (SSSR count). The Morgan fingerprint density at radius 2 is 1.95 bits per heavy atom. The van der Waals surface area contributed by atoms with E-state index in [2.05, 4.69) is 11.6 Å². The van der Waals surface area contributed by atoms with Gasteiger partial charge in [-0.25, -0.2) is 4.79 Å². The van der Waals surface area contributed by atoms with Gasteiger partial charge in [-0.15, -0.1) is 0 Å². The van der Waals surface area contributed by atoms with E-state index in [-0.39, 0.29) is 23.9 Å². The van der Waals surface area contributed by atoms with Crippen LogP contribution in [0.3, 0.4) is 0 Å². The molecule has 114 valence electrons. The first-order chi connectivity index (χ1) is 9.52. The molecule has 2 N–H and O–H groups in total. The van der Waals surface area contributed by atoms with Crippen LogP contribution in [-0.2, 0) is 4.79 Å². The molecule has 3 unspecified atom stereocenters. The van der Waals surface area contributed by atoms with Crippen molar-refractivity contribution in [1.29, 1.82) is 0 Å². The normalized spacial score (nSPS) is 28.6. The molecule has 1 saturated heterocycles. The van der Waals surface area contributed by atoms with Gasteiger partial charge < -0.3 is 15.3 Å². The highest BCUT2D eigenvalue weighted by atomic mass is 32.2. The second-order valence-corrected chi connectivity index (χ2v) is 6.98. The number of carboxylic acid groups (broad SMARTS) is 1. The van der Waals surface area contributed by atoms with Crippen molar-refractivity contribution in [2.45, 2.75) is 43.9 Å². The maximum Gasteiger partial charge on any atom is 0.317 e. The van der Waals surface area contributed by atoms with Crippen molar-refractivity contribution in [1.82, 2.24) is 10.2 Å². The number of nitrogens with zero attached hydrogens (tertiary/aromatic N) is 1. The molecule has 2 fully saturated rings. The van der Waals surface area contributed by atoms with Crippen molar-refractivity contribution < 1.29 is 14.7 Å². The van der Waals surface area contributed by atoms with Crippen molar-refractivity contribution in [3.8, 4) is 0 Å². The highest BCUT2D eigenvalue weighted by Crippen LogP contribution is 2.28. The van der Waals surface area contributed by atoms with Crippen molar-refractivity contribution in [3.63, 3.8) is 0 Å². The van der Waals surface area contributed by atoms with Crippen LogP contribution in [0.5, 0.6) is 0 Å². The number of carbonyl (C=O) groups is 2. The van der Waals surface area contributed by atoms with Gasteiger partial charge in [0.15, 0.2) is 0 Å². The minimum atomic E-state index is -0.773. The van der Waals surface area contributed by atoms with Gasteiger partial charge in [0.05, 0.1) is 5.92 Å². The zero-order chi connectivity index (χ0) is 14.7. The highest BCUT2D eigenvalue weighted by Gasteiger charge is 2.38. The molecular formula is C14H24N2O3S. The van der Waals surface area contributed by atoms with Gasteiger partial charge in [-0.3, -0.25) is 4.79 Å². The van der Waals surface area contributed by atoms with Gasteiger partial charge in [0.2, 0.25) is 0 Å². The van der Waals surface area contributed by atoms with E-state index < -0.39 is 5.97 Å². The Morgan fingerprint density at radius 3 is 2.55 bits per heavy atom. The molecule has 5 nitrogen and oxygen atoms in total. The van der Waals surface area contributed by atoms with Gasteiger partial charge in [-0.05, 0) is 19.1 Å². The average Bonchev–Trinajstić information content (AvgIpc) is 2.37. The van der Waals surface area contributed by atoms with E-state index in [0.717, 1.165) is 6.42 Å². The molecule has 0 spiro atoms. The van der Waals surface area contributed by atoms with Crippen molar-refractivity contribution in [3.05, 3.63) is 0 Å². The molecule has 0 aromatic rings. The Hall–Kier alpha value is -0.910. The third kappa shape index (κ3) is 3.40. The molecule has 2 amide bonds. The van der Waals surface area contributed by atoms with Crippen molar-refractivity contribution >= 4 is 23.8 Å². The molecule has 20 heavy (non-hydrogen) atoms. The van der Waals surface area contributed by atoms with E-state index >= 15 is 0 Å². The molecule has 2 aliphatic rings. The zero-order valence-electron chi connectivity index (χ0n) is 12.2. The summed E-state index contributed by atoms with van der Waals surface area (Å²) in [5.74, 6) is -1.04. The van der Waals surface area contributed by atoms with Gasteiger partial charge in [-0.2, -0.15) is 11.8 Å². The molecule has 0 aromatic carbocycles. The largest absolute Gasteiger partial charge is 0.481 e. The van der Waals surface area contributed by atoms with Crippen molar-refractivity contribution in [2.24, 2.45) is 11.8 Å². The predicted molar refractivity (Wildman–Crippen MR) is 80.0 cm³/mol. The number of urea groups is 1. The van der Waals surface area contributed by atoms with Gasteiger partial charge in [0, 0.05) is 30.3 Å². The first kappa shape index (κ1) is 15.5. The number of thioether (sulfide) groups is 1. The topological polar surface area (TPSA) is 69.6 Å². The Morgan fingerprint density at radius 1 is 1.30 bits per heavy atom. The molecule has 0 radical (unpaired) electrons. The number of rotatable bonds is 4. The van der Waals surface area contributed by atoms with E-state index in [4.69, 9.17) is 5.11 Å². The van der Waals surface area contributed by atoms with E-state index in [9.17, 15) is 9.59 Å². The average molecular weight is 300 g/mol. The standard InChI is InChI=1S/C14H24N2O3S/c1-9(13(17)18)10-7-16(8-10)14(19)15-11-5-3-4-6-12(11)20-2/h9-12H,3-8H2,1-2H3,(H,15,19)(H,17,18). The summed E-state index contributed by atoms with van der Waals surface area (Å²) in [6.45, 7) is 2.85. The number of carboxylic acids is 1. The second kappa shape index (κ2) is 6.70. The van der Waals surface area contributed by atoms with Crippen LogP contribution in [0.2, 0.25) is 0 Å². The maximum absolute atomic E-state index is 12.2. The lowest BCUT2D eigenvalue weighted by Crippen LogP contribution is -2.59. The third-order valence-corrected chi connectivity index (χ3v) is 5.78. The monoisotopic (exact) mass is 300 g/mol. The lowest BCUT2D eigenvalue weighted by molar-refractivity contribution is -0.144. The van der Waals surface area contributed by atoms with Crippen LogP contribution in [0.15, 0.2) is 0 Å². The Labute approximate surface area is 124 Å². The summed E-state index contributed by atoms with van der Waals surface area (Å²) in [7, 11) is 0. The summed E-state index contributed by atoms with van der Waals surface area (Å²) in [4.78, 5) is 24.8. The van der Waals surface area contributed by atoms with Crippen LogP contribution in [0, 0.1) is 11.8 Å². The molecule has 1 aliphatic carbocycles. The number of hydrogen-bond donors (Lipinski definition) is 2. The highest BCUT2D eigenvalue weighted by molar-refractivity contribution is 7.99. The Bertz CT molecular complexity index is 371. The number of amides is 2. The number of likely N-dealkylation sites (tertiary alicyclic amines) is 1. The summed E-state index contributed by atoms with van der Waals surface area (Å²) < 4.78 is 0. The van der Waals surface area contributed by atoms with E-state index in [1.807, 2.05) is 11.8 Å². The van der Waals surface area contributed by atoms with Crippen LogP contribution in [-0.4, -0.2) is 52.6 Å².